The highest BCUT2D eigenvalue weighted by Gasteiger charge is 2.34. The number of amides is 2. The van der Waals surface area contributed by atoms with E-state index in [4.69, 9.17) is 0 Å². The van der Waals surface area contributed by atoms with Gasteiger partial charge in [-0.3, -0.25) is 9.59 Å². The summed E-state index contributed by atoms with van der Waals surface area (Å²) in [5.74, 6) is -1.13. The molecule has 2 aromatic rings. The lowest BCUT2D eigenvalue weighted by atomic mass is 10.1. The zero-order valence-corrected chi connectivity index (χ0v) is 14.0. The lowest BCUT2D eigenvalue weighted by Gasteiger charge is -2.15. The van der Waals surface area contributed by atoms with Gasteiger partial charge in [-0.2, -0.15) is 13.2 Å². The molecule has 1 aromatic heterocycles. The third kappa shape index (κ3) is 4.55. The Morgan fingerprint density at radius 2 is 1.83 bits per heavy atom. The third-order valence-corrected chi connectivity index (χ3v) is 4.31. The molecule has 1 aromatic carbocycles. The lowest BCUT2D eigenvalue weighted by molar-refractivity contribution is -0.137. The molecule has 2 amide bonds. The first-order chi connectivity index (χ1) is 10.7. The van der Waals surface area contributed by atoms with E-state index in [1.54, 1.807) is 6.07 Å². The van der Waals surface area contributed by atoms with Crippen molar-refractivity contribution in [1.29, 1.82) is 0 Å². The average molecular weight is 407 g/mol. The second kappa shape index (κ2) is 6.71. The van der Waals surface area contributed by atoms with Crippen molar-refractivity contribution in [2.75, 3.05) is 10.6 Å². The molecule has 2 N–H and O–H groups in total. The summed E-state index contributed by atoms with van der Waals surface area (Å²) >= 11 is 4.29. The maximum atomic E-state index is 13.2. The highest BCUT2D eigenvalue weighted by atomic mass is 79.9. The maximum absolute atomic E-state index is 13.2. The number of halogens is 4. The molecule has 23 heavy (non-hydrogen) atoms. The number of nitrogens with one attached hydrogen (secondary N) is 2. The smallest absolute Gasteiger partial charge is 0.326 e. The van der Waals surface area contributed by atoms with Gasteiger partial charge in [-0.15, -0.1) is 11.3 Å². The molecule has 1 heterocycles. The van der Waals surface area contributed by atoms with Gasteiger partial charge in [0.25, 0.3) is 5.91 Å². The molecule has 0 spiro atoms. The van der Waals surface area contributed by atoms with E-state index in [-0.39, 0.29) is 16.3 Å². The molecule has 0 saturated carbocycles. The van der Waals surface area contributed by atoms with Crippen molar-refractivity contribution >= 4 is 50.5 Å². The van der Waals surface area contributed by atoms with E-state index in [0.717, 1.165) is 23.5 Å². The Kier molecular flexibility index (Phi) is 5.10. The van der Waals surface area contributed by atoms with Crippen molar-refractivity contribution in [3.63, 3.8) is 0 Å². The van der Waals surface area contributed by atoms with E-state index < -0.39 is 23.6 Å². The van der Waals surface area contributed by atoms with Crippen LogP contribution in [-0.4, -0.2) is 11.8 Å². The fourth-order valence-electron chi connectivity index (χ4n) is 1.79. The Labute approximate surface area is 141 Å². The van der Waals surface area contributed by atoms with E-state index in [1.165, 1.54) is 19.1 Å². The molecule has 0 unspecified atom stereocenters. The van der Waals surface area contributed by atoms with Crippen molar-refractivity contribution in [3.05, 3.63) is 44.6 Å². The molecule has 0 aliphatic carbocycles. The van der Waals surface area contributed by atoms with Crippen LogP contribution in [0.25, 0.3) is 0 Å². The first-order valence-corrected chi connectivity index (χ1v) is 7.83. The predicted octanol–water partition coefficient (Wildman–Crippen LogP) is 4.74. The molecule has 0 aliphatic heterocycles. The zero-order valence-electron chi connectivity index (χ0n) is 11.6. The summed E-state index contributed by atoms with van der Waals surface area (Å²) in [4.78, 5) is 23.2. The lowest BCUT2D eigenvalue weighted by Crippen LogP contribution is -2.16. The average Bonchev–Trinajstić information content (AvgIpc) is 2.85. The Balaban J connectivity index is 2.33. The van der Waals surface area contributed by atoms with Crippen LogP contribution in [0.1, 0.15) is 22.2 Å². The van der Waals surface area contributed by atoms with Gasteiger partial charge in [-0.05, 0) is 46.3 Å². The van der Waals surface area contributed by atoms with Crippen LogP contribution in [0.3, 0.4) is 0 Å². The summed E-state index contributed by atoms with van der Waals surface area (Å²) in [7, 11) is 0. The number of alkyl halides is 3. The molecule has 0 fully saturated rings. The van der Waals surface area contributed by atoms with Gasteiger partial charge >= 0.3 is 6.18 Å². The maximum Gasteiger partial charge on any atom is 0.418 e. The summed E-state index contributed by atoms with van der Waals surface area (Å²) in [6.07, 6.45) is -4.67. The van der Waals surface area contributed by atoms with Gasteiger partial charge in [0.2, 0.25) is 5.91 Å². The van der Waals surface area contributed by atoms with Crippen LogP contribution in [0.5, 0.6) is 0 Å². The molecule has 0 aliphatic rings. The van der Waals surface area contributed by atoms with Gasteiger partial charge in [-0.1, -0.05) is 0 Å². The molecule has 0 radical (unpaired) electrons. The second-order valence-corrected chi connectivity index (χ2v) is 6.96. The monoisotopic (exact) mass is 406 g/mol. The molecule has 0 saturated heterocycles. The van der Waals surface area contributed by atoms with Crippen LogP contribution in [0.4, 0.5) is 24.5 Å². The van der Waals surface area contributed by atoms with Crippen molar-refractivity contribution in [2.45, 2.75) is 13.1 Å². The summed E-state index contributed by atoms with van der Waals surface area (Å²) in [6, 6.07) is 6.31. The van der Waals surface area contributed by atoms with Crippen LogP contribution in [-0.2, 0) is 11.0 Å². The molecule has 0 bridgehead atoms. The first-order valence-electron chi connectivity index (χ1n) is 6.22. The van der Waals surface area contributed by atoms with Gasteiger partial charge in [0.15, 0.2) is 0 Å². The summed E-state index contributed by atoms with van der Waals surface area (Å²) in [6.45, 7) is 1.19. The minimum absolute atomic E-state index is 0.00157. The Bertz CT molecular complexity index is 759. The topological polar surface area (TPSA) is 58.2 Å². The first kappa shape index (κ1) is 17.5. The van der Waals surface area contributed by atoms with Crippen molar-refractivity contribution in [2.24, 2.45) is 0 Å². The molecular weight excluding hydrogens is 397 g/mol. The number of rotatable bonds is 3. The quantitative estimate of drug-likeness (QED) is 0.773. The second-order valence-electron chi connectivity index (χ2n) is 4.50. The van der Waals surface area contributed by atoms with E-state index in [0.29, 0.717) is 3.79 Å². The number of thiophene rings is 1. The standard InChI is InChI=1S/C14H10BrF3N2O2S/c1-7(21)19-8-2-3-10(9(6-8)14(16,17)18)20-13(22)11-4-5-12(15)23-11/h2-6H,1H3,(H,19,21)(H,20,22). The van der Waals surface area contributed by atoms with Gasteiger partial charge in [-0.25, -0.2) is 0 Å². The van der Waals surface area contributed by atoms with E-state index in [2.05, 4.69) is 26.6 Å². The van der Waals surface area contributed by atoms with Gasteiger partial charge in [0.1, 0.15) is 0 Å². The number of carbonyl (C=O) groups is 2. The molecular formula is C14H10BrF3N2O2S. The van der Waals surface area contributed by atoms with Crippen LogP contribution >= 0.6 is 27.3 Å². The highest BCUT2D eigenvalue weighted by Crippen LogP contribution is 2.37. The minimum atomic E-state index is -4.67. The van der Waals surface area contributed by atoms with E-state index in [9.17, 15) is 22.8 Å². The Hall–Kier alpha value is -1.87. The number of anilines is 2. The Morgan fingerprint density at radius 1 is 1.13 bits per heavy atom. The summed E-state index contributed by atoms with van der Waals surface area (Å²) in [5.41, 5.74) is -1.41. The summed E-state index contributed by atoms with van der Waals surface area (Å²) in [5, 5.41) is 4.52. The molecule has 2 rings (SSSR count). The third-order valence-electron chi connectivity index (χ3n) is 2.69. The molecule has 122 valence electrons. The largest absolute Gasteiger partial charge is 0.418 e. The van der Waals surface area contributed by atoms with Crippen LogP contribution in [0.2, 0.25) is 0 Å². The highest BCUT2D eigenvalue weighted by molar-refractivity contribution is 9.11. The van der Waals surface area contributed by atoms with E-state index >= 15 is 0 Å². The molecule has 4 nitrogen and oxygen atoms in total. The van der Waals surface area contributed by atoms with Gasteiger partial charge in [0, 0.05) is 12.6 Å². The van der Waals surface area contributed by atoms with Gasteiger partial charge in [0.05, 0.1) is 19.9 Å². The minimum Gasteiger partial charge on any atom is -0.326 e. The fourth-order valence-corrected chi connectivity index (χ4v) is 3.07. The number of benzene rings is 1. The summed E-state index contributed by atoms with van der Waals surface area (Å²) < 4.78 is 40.2. The van der Waals surface area contributed by atoms with Crippen LogP contribution in [0, 0.1) is 0 Å². The molecule has 9 heteroatoms. The van der Waals surface area contributed by atoms with Crippen molar-refractivity contribution in [1.82, 2.24) is 0 Å². The number of hydrogen-bond acceptors (Lipinski definition) is 3. The Morgan fingerprint density at radius 3 is 2.35 bits per heavy atom. The van der Waals surface area contributed by atoms with Crippen LogP contribution in [0.15, 0.2) is 34.1 Å². The normalized spacial score (nSPS) is 11.2. The predicted molar refractivity (Wildman–Crippen MR) is 85.7 cm³/mol. The van der Waals surface area contributed by atoms with Gasteiger partial charge < -0.3 is 10.6 Å². The van der Waals surface area contributed by atoms with Crippen molar-refractivity contribution < 1.29 is 22.8 Å². The number of hydrogen-bond donors (Lipinski definition) is 2. The zero-order chi connectivity index (χ0) is 17.2. The van der Waals surface area contributed by atoms with E-state index in [1.807, 2.05) is 0 Å². The fraction of sp³-hybridized carbons (Fsp3) is 0.143. The van der Waals surface area contributed by atoms with Crippen molar-refractivity contribution in [3.8, 4) is 0 Å². The SMILES string of the molecule is CC(=O)Nc1ccc(NC(=O)c2ccc(Br)s2)c(C(F)(F)F)c1. The number of carbonyl (C=O) groups excluding carboxylic acids is 2. The molecule has 0 atom stereocenters. The van der Waals surface area contributed by atoms with Crippen LogP contribution < -0.4 is 10.6 Å².